The Hall–Kier alpha value is -0.930. The smallest absolute Gasteiger partial charge is 0.123 e. The van der Waals surface area contributed by atoms with E-state index in [-0.39, 0.29) is 11.9 Å². The normalized spacial score (nSPS) is 13.1. The lowest BCUT2D eigenvalue weighted by atomic mass is 10.0. The Labute approximate surface area is 97.4 Å². The first kappa shape index (κ1) is 13.1. The van der Waals surface area contributed by atoms with Crippen molar-refractivity contribution >= 4 is 0 Å². The van der Waals surface area contributed by atoms with Crippen molar-refractivity contribution in [2.75, 3.05) is 14.1 Å². The fourth-order valence-corrected chi connectivity index (χ4v) is 1.72. The summed E-state index contributed by atoms with van der Waals surface area (Å²) in [5, 5.41) is 1.95. The van der Waals surface area contributed by atoms with Crippen molar-refractivity contribution in [1.29, 1.82) is 0 Å². The fraction of sp³-hybridized carbons (Fsp3) is 0.538. The zero-order chi connectivity index (χ0) is 12.0. The first-order valence-corrected chi connectivity index (χ1v) is 5.82. The molecular weight excluding hydrogens is 203 g/mol. The molecule has 0 amide bonds. The largest absolute Gasteiger partial charge is 0.250 e. The molecule has 0 aliphatic heterocycles. The molecule has 1 N–H and O–H groups in total. The van der Waals surface area contributed by atoms with E-state index < -0.39 is 0 Å². The molecule has 0 bridgehead atoms. The molecule has 1 aromatic rings. The summed E-state index contributed by atoms with van der Waals surface area (Å²) in [5.41, 5.74) is 4.50. The Morgan fingerprint density at radius 1 is 1.25 bits per heavy atom. The number of hydrogen-bond donors (Lipinski definition) is 1. The molecule has 1 rings (SSSR count). The van der Waals surface area contributed by atoms with Crippen LogP contribution >= 0.6 is 0 Å². The lowest BCUT2D eigenvalue weighted by molar-refractivity contribution is 0.233. The van der Waals surface area contributed by atoms with Crippen molar-refractivity contribution in [3.05, 3.63) is 35.6 Å². The van der Waals surface area contributed by atoms with E-state index in [1.165, 1.54) is 25.0 Å². The van der Waals surface area contributed by atoms with Gasteiger partial charge in [-0.05, 0) is 24.1 Å². The number of halogens is 1. The number of hydrazine groups is 1. The van der Waals surface area contributed by atoms with Gasteiger partial charge in [0.15, 0.2) is 0 Å². The molecule has 0 aromatic heterocycles. The van der Waals surface area contributed by atoms with Crippen LogP contribution in [0, 0.1) is 5.82 Å². The second-order valence-electron chi connectivity index (χ2n) is 4.27. The third-order valence-corrected chi connectivity index (χ3v) is 2.53. The van der Waals surface area contributed by atoms with E-state index in [4.69, 9.17) is 0 Å². The van der Waals surface area contributed by atoms with Crippen LogP contribution in [0.15, 0.2) is 24.3 Å². The number of nitrogens with zero attached hydrogens (tertiary/aromatic N) is 1. The molecule has 16 heavy (non-hydrogen) atoms. The number of nitrogens with one attached hydrogen (secondary N) is 1. The van der Waals surface area contributed by atoms with Gasteiger partial charge in [-0.2, -0.15) is 0 Å². The Kier molecular flexibility index (Phi) is 5.43. The van der Waals surface area contributed by atoms with Crippen LogP contribution in [0.4, 0.5) is 4.39 Å². The monoisotopic (exact) mass is 224 g/mol. The SMILES string of the molecule is CCCCC(NN(C)C)c1ccc(F)cc1. The predicted octanol–water partition coefficient (Wildman–Crippen LogP) is 3.12. The zero-order valence-electron chi connectivity index (χ0n) is 10.3. The Morgan fingerprint density at radius 2 is 1.88 bits per heavy atom. The van der Waals surface area contributed by atoms with Crippen LogP contribution in [0.2, 0.25) is 0 Å². The Morgan fingerprint density at radius 3 is 2.38 bits per heavy atom. The molecule has 0 saturated carbocycles. The molecule has 90 valence electrons. The quantitative estimate of drug-likeness (QED) is 0.747. The molecule has 3 heteroatoms. The molecule has 1 atom stereocenters. The predicted molar refractivity (Wildman–Crippen MR) is 65.5 cm³/mol. The standard InChI is InChI=1S/C13H21FN2/c1-4-5-6-13(15-16(2)3)11-7-9-12(14)10-8-11/h7-10,13,15H,4-6H2,1-3H3. The summed E-state index contributed by atoms with van der Waals surface area (Å²) in [6.07, 6.45) is 3.41. The topological polar surface area (TPSA) is 15.3 Å². The maximum atomic E-state index is 12.8. The number of unbranched alkanes of at least 4 members (excludes halogenated alkanes) is 1. The van der Waals surface area contributed by atoms with Crippen molar-refractivity contribution in [3.63, 3.8) is 0 Å². The second-order valence-corrected chi connectivity index (χ2v) is 4.27. The Bertz CT molecular complexity index is 295. The van der Waals surface area contributed by atoms with Gasteiger partial charge in [0.1, 0.15) is 5.82 Å². The highest BCUT2D eigenvalue weighted by atomic mass is 19.1. The first-order valence-electron chi connectivity index (χ1n) is 5.82. The van der Waals surface area contributed by atoms with Gasteiger partial charge in [0.05, 0.1) is 0 Å². The lowest BCUT2D eigenvalue weighted by Crippen LogP contribution is -2.34. The molecule has 0 aliphatic rings. The van der Waals surface area contributed by atoms with Gasteiger partial charge in [-0.25, -0.2) is 9.82 Å². The molecule has 1 aromatic carbocycles. The van der Waals surface area contributed by atoms with Gasteiger partial charge in [0.2, 0.25) is 0 Å². The molecule has 0 heterocycles. The van der Waals surface area contributed by atoms with E-state index in [1.807, 2.05) is 31.2 Å². The summed E-state index contributed by atoms with van der Waals surface area (Å²) in [4.78, 5) is 0. The highest BCUT2D eigenvalue weighted by Gasteiger charge is 2.11. The van der Waals surface area contributed by atoms with Crippen molar-refractivity contribution < 1.29 is 4.39 Å². The molecule has 0 radical (unpaired) electrons. The molecule has 0 fully saturated rings. The fourth-order valence-electron chi connectivity index (χ4n) is 1.72. The average Bonchev–Trinajstić information content (AvgIpc) is 2.25. The van der Waals surface area contributed by atoms with E-state index in [2.05, 4.69) is 12.3 Å². The van der Waals surface area contributed by atoms with Gasteiger partial charge in [0, 0.05) is 20.1 Å². The maximum absolute atomic E-state index is 12.8. The number of rotatable bonds is 6. The van der Waals surface area contributed by atoms with Crippen LogP contribution in [0.25, 0.3) is 0 Å². The summed E-state index contributed by atoms with van der Waals surface area (Å²) in [6.45, 7) is 2.18. The summed E-state index contributed by atoms with van der Waals surface area (Å²) < 4.78 is 12.8. The number of hydrogen-bond acceptors (Lipinski definition) is 2. The van der Waals surface area contributed by atoms with E-state index in [0.717, 1.165) is 12.0 Å². The van der Waals surface area contributed by atoms with E-state index in [1.54, 1.807) is 0 Å². The van der Waals surface area contributed by atoms with Crippen LogP contribution in [0.1, 0.15) is 37.8 Å². The van der Waals surface area contributed by atoms with Crippen molar-refractivity contribution in [2.24, 2.45) is 0 Å². The molecule has 1 unspecified atom stereocenters. The van der Waals surface area contributed by atoms with Crippen molar-refractivity contribution in [1.82, 2.24) is 10.4 Å². The van der Waals surface area contributed by atoms with Crippen LogP contribution < -0.4 is 5.43 Å². The van der Waals surface area contributed by atoms with E-state index >= 15 is 0 Å². The minimum Gasteiger partial charge on any atom is -0.250 e. The zero-order valence-corrected chi connectivity index (χ0v) is 10.3. The summed E-state index contributed by atoms with van der Waals surface area (Å²) >= 11 is 0. The van der Waals surface area contributed by atoms with Gasteiger partial charge in [0.25, 0.3) is 0 Å². The highest BCUT2D eigenvalue weighted by molar-refractivity contribution is 5.19. The van der Waals surface area contributed by atoms with Gasteiger partial charge in [-0.3, -0.25) is 5.01 Å². The number of benzene rings is 1. The van der Waals surface area contributed by atoms with Crippen molar-refractivity contribution in [2.45, 2.75) is 32.2 Å². The van der Waals surface area contributed by atoms with Gasteiger partial charge >= 0.3 is 0 Å². The lowest BCUT2D eigenvalue weighted by Gasteiger charge is -2.23. The first-order chi connectivity index (χ1) is 7.63. The average molecular weight is 224 g/mol. The second kappa shape index (κ2) is 6.61. The summed E-state index contributed by atoms with van der Waals surface area (Å²) in [6, 6.07) is 7.02. The van der Waals surface area contributed by atoms with Gasteiger partial charge < -0.3 is 0 Å². The Balaban J connectivity index is 2.70. The van der Waals surface area contributed by atoms with E-state index in [9.17, 15) is 4.39 Å². The third kappa shape index (κ3) is 4.29. The highest BCUT2D eigenvalue weighted by Crippen LogP contribution is 2.19. The molecule has 2 nitrogen and oxygen atoms in total. The summed E-state index contributed by atoms with van der Waals surface area (Å²) in [5.74, 6) is -0.178. The minimum absolute atomic E-state index is 0.178. The maximum Gasteiger partial charge on any atom is 0.123 e. The molecular formula is C13H21FN2. The van der Waals surface area contributed by atoms with Gasteiger partial charge in [-0.15, -0.1) is 0 Å². The minimum atomic E-state index is -0.178. The van der Waals surface area contributed by atoms with Gasteiger partial charge in [-0.1, -0.05) is 31.9 Å². The van der Waals surface area contributed by atoms with Crippen LogP contribution in [0.3, 0.4) is 0 Å². The van der Waals surface area contributed by atoms with Crippen LogP contribution in [0.5, 0.6) is 0 Å². The van der Waals surface area contributed by atoms with E-state index in [0.29, 0.717) is 0 Å². The molecule has 0 aliphatic carbocycles. The molecule has 0 spiro atoms. The molecule has 0 saturated heterocycles. The van der Waals surface area contributed by atoms with Crippen LogP contribution in [-0.4, -0.2) is 19.1 Å². The summed E-state index contributed by atoms with van der Waals surface area (Å²) in [7, 11) is 3.95. The van der Waals surface area contributed by atoms with Crippen LogP contribution in [-0.2, 0) is 0 Å². The third-order valence-electron chi connectivity index (χ3n) is 2.53. The van der Waals surface area contributed by atoms with Crippen molar-refractivity contribution in [3.8, 4) is 0 Å².